The first-order valence-corrected chi connectivity index (χ1v) is 12.6. The van der Waals surface area contributed by atoms with Crippen molar-refractivity contribution in [3.8, 4) is 23.1 Å². The molecular weight excluding hydrogens is 522 g/mol. The summed E-state index contributed by atoms with van der Waals surface area (Å²) in [7, 11) is 3.07. The molecule has 1 fully saturated rings. The number of rotatable bonds is 7. The summed E-state index contributed by atoms with van der Waals surface area (Å²) in [4.78, 5) is 18.7. The second kappa shape index (κ2) is 10.2. The molecule has 5 aromatic rings. The summed E-state index contributed by atoms with van der Waals surface area (Å²) in [5.41, 5.74) is 2.62. The average molecular weight is 549 g/mol. The third-order valence-electron chi connectivity index (χ3n) is 6.68. The van der Waals surface area contributed by atoms with Crippen molar-refractivity contribution < 1.29 is 23.0 Å². The Hall–Kier alpha value is -4.65. The number of fused-ring (bicyclic) bond motifs is 2. The Bertz CT molecular complexity index is 1700. The van der Waals surface area contributed by atoms with Crippen LogP contribution in [-0.4, -0.2) is 73.7 Å². The number of piperidine rings is 1. The fourth-order valence-electron chi connectivity index (χ4n) is 4.69. The minimum atomic E-state index is -3.06. The van der Waals surface area contributed by atoms with Crippen LogP contribution in [0.3, 0.4) is 0 Å². The summed E-state index contributed by atoms with van der Waals surface area (Å²) < 4.78 is 48.8. The fraction of sp³-hybridized carbons (Fsp3) is 0.296. The molecule has 1 saturated heterocycles. The highest BCUT2D eigenvalue weighted by Crippen LogP contribution is 2.41. The van der Waals surface area contributed by atoms with E-state index in [2.05, 4.69) is 30.4 Å². The van der Waals surface area contributed by atoms with Crippen LogP contribution in [0.15, 0.2) is 55.4 Å². The predicted octanol–water partition coefficient (Wildman–Crippen LogP) is 4.64. The van der Waals surface area contributed by atoms with E-state index >= 15 is 0 Å². The first-order chi connectivity index (χ1) is 19.3. The van der Waals surface area contributed by atoms with Gasteiger partial charge in [-0.15, -0.1) is 0 Å². The average Bonchev–Trinajstić information content (AvgIpc) is 3.39. The number of nitrogens with one attached hydrogen (secondary N) is 1. The van der Waals surface area contributed by atoms with Gasteiger partial charge in [-0.3, -0.25) is 0 Å². The van der Waals surface area contributed by atoms with Crippen molar-refractivity contribution >= 4 is 28.1 Å². The Kier molecular flexibility index (Phi) is 6.50. The van der Waals surface area contributed by atoms with Crippen LogP contribution in [-0.2, 0) is 0 Å². The lowest BCUT2D eigenvalue weighted by Crippen LogP contribution is -2.52. The van der Waals surface area contributed by atoms with E-state index in [0.29, 0.717) is 46.1 Å². The second-order valence-corrected chi connectivity index (χ2v) is 9.60. The molecule has 0 unspecified atom stereocenters. The number of hydrogen-bond acceptors (Lipinski definition) is 10. The van der Waals surface area contributed by atoms with Crippen LogP contribution in [0.5, 0.6) is 23.1 Å². The molecule has 1 N–H and O–H groups in total. The summed E-state index contributed by atoms with van der Waals surface area (Å²) in [5.74, 6) is -1.38. The number of ether oxygens (including phenoxy) is 3. The number of alkyl halides is 2. The van der Waals surface area contributed by atoms with Crippen molar-refractivity contribution in [1.29, 1.82) is 0 Å². The first kappa shape index (κ1) is 25.6. The number of aryl methyl sites for hydroxylation is 1. The lowest BCUT2D eigenvalue weighted by atomic mass is 10.0. The molecule has 6 rings (SSSR count). The van der Waals surface area contributed by atoms with E-state index in [1.807, 2.05) is 25.1 Å². The van der Waals surface area contributed by atoms with Crippen molar-refractivity contribution in [3.63, 3.8) is 0 Å². The molecule has 13 heteroatoms. The van der Waals surface area contributed by atoms with Crippen molar-refractivity contribution in [2.45, 2.75) is 25.4 Å². The largest absolute Gasteiger partial charge is 0.478 e. The molecule has 5 heterocycles. The SMILES string of the molecule is COc1ncc2ncnc(Nc3ccc(Oc4cnn5ccnc5c4)c(C)c3)c2c1O[C@H]1CCN(C)CC1(F)F. The lowest BCUT2D eigenvalue weighted by Gasteiger charge is -2.36. The monoisotopic (exact) mass is 548 g/mol. The number of nitrogens with zero attached hydrogens (tertiary/aromatic N) is 7. The summed E-state index contributed by atoms with van der Waals surface area (Å²) in [6, 6.07) is 7.31. The van der Waals surface area contributed by atoms with Crippen LogP contribution >= 0.6 is 0 Å². The molecule has 0 amide bonds. The molecule has 1 aromatic carbocycles. The molecule has 0 radical (unpaired) electrons. The van der Waals surface area contributed by atoms with E-state index in [1.54, 1.807) is 41.1 Å². The van der Waals surface area contributed by atoms with Crippen molar-refractivity contribution in [3.05, 3.63) is 60.9 Å². The number of methoxy groups -OCH3 is 1. The van der Waals surface area contributed by atoms with Crippen LogP contribution in [0.25, 0.3) is 16.6 Å². The molecule has 1 atom stereocenters. The van der Waals surface area contributed by atoms with E-state index in [0.717, 1.165) is 5.56 Å². The highest BCUT2D eigenvalue weighted by molar-refractivity contribution is 5.96. The summed E-state index contributed by atoms with van der Waals surface area (Å²) in [5, 5.41) is 7.93. The molecule has 0 bridgehead atoms. The van der Waals surface area contributed by atoms with Gasteiger partial charge in [0, 0.05) is 37.1 Å². The molecule has 11 nitrogen and oxygen atoms in total. The first-order valence-electron chi connectivity index (χ1n) is 12.6. The van der Waals surface area contributed by atoms with E-state index in [1.165, 1.54) is 19.6 Å². The summed E-state index contributed by atoms with van der Waals surface area (Å²) >= 11 is 0. The molecule has 1 aliphatic rings. The maximum Gasteiger partial charge on any atom is 0.296 e. The van der Waals surface area contributed by atoms with Crippen LogP contribution in [0, 0.1) is 6.92 Å². The highest BCUT2D eigenvalue weighted by atomic mass is 19.3. The normalized spacial score (nSPS) is 17.2. The van der Waals surface area contributed by atoms with E-state index in [4.69, 9.17) is 14.2 Å². The molecule has 0 aliphatic carbocycles. The fourth-order valence-corrected chi connectivity index (χ4v) is 4.69. The summed E-state index contributed by atoms with van der Waals surface area (Å²) in [6.07, 6.45) is 6.68. The Morgan fingerprint density at radius 2 is 1.98 bits per heavy atom. The van der Waals surface area contributed by atoms with Gasteiger partial charge in [0.05, 0.1) is 37.0 Å². The molecule has 206 valence electrons. The van der Waals surface area contributed by atoms with E-state index in [-0.39, 0.29) is 18.1 Å². The zero-order valence-electron chi connectivity index (χ0n) is 22.0. The van der Waals surface area contributed by atoms with Gasteiger partial charge in [0.2, 0.25) is 0 Å². The number of benzene rings is 1. The van der Waals surface area contributed by atoms with Gasteiger partial charge in [-0.2, -0.15) is 5.10 Å². The van der Waals surface area contributed by atoms with Gasteiger partial charge in [-0.25, -0.2) is 33.2 Å². The van der Waals surface area contributed by atoms with Gasteiger partial charge in [0.15, 0.2) is 23.3 Å². The predicted molar refractivity (Wildman–Crippen MR) is 143 cm³/mol. The topological polar surface area (TPSA) is 112 Å². The Morgan fingerprint density at radius 1 is 1.10 bits per heavy atom. The van der Waals surface area contributed by atoms with Crippen LogP contribution in [0.1, 0.15) is 12.0 Å². The zero-order valence-corrected chi connectivity index (χ0v) is 22.0. The lowest BCUT2D eigenvalue weighted by molar-refractivity contribution is -0.135. The van der Waals surface area contributed by atoms with Gasteiger partial charge >= 0.3 is 0 Å². The number of imidazole rings is 1. The number of likely N-dealkylation sites (tertiary alicyclic amines) is 1. The van der Waals surface area contributed by atoms with Crippen LogP contribution < -0.4 is 19.5 Å². The van der Waals surface area contributed by atoms with Gasteiger partial charge in [-0.05, 0) is 37.7 Å². The smallest absolute Gasteiger partial charge is 0.296 e. The number of hydrogen-bond donors (Lipinski definition) is 1. The maximum atomic E-state index is 14.9. The zero-order chi connectivity index (χ0) is 27.9. The van der Waals surface area contributed by atoms with Crippen molar-refractivity contribution in [2.75, 3.05) is 32.6 Å². The third kappa shape index (κ3) is 4.91. The summed E-state index contributed by atoms with van der Waals surface area (Å²) in [6.45, 7) is 1.98. The van der Waals surface area contributed by atoms with Crippen LogP contribution in [0.2, 0.25) is 0 Å². The van der Waals surface area contributed by atoms with Gasteiger partial charge in [-0.1, -0.05) is 0 Å². The van der Waals surface area contributed by atoms with Gasteiger partial charge in [0.1, 0.15) is 17.9 Å². The second-order valence-electron chi connectivity index (χ2n) is 9.60. The number of anilines is 2. The number of halogens is 2. The number of pyridine rings is 1. The van der Waals surface area contributed by atoms with E-state index in [9.17, 15) is 8.78 Å². The molecule has 0 spiro atoms. The van der Waals surface area contributed by atoms with Crippen LogP contribution in [0.4, 0.5) is 20.3 Å². The number of aromatic nitrogens is 6. The molecule has 0 saturated carbocycles. The minimum Gasteiger partial charge on any atom is -0.478 e. The Labute approximate surface area is 227 Å². The molecule has 40 heavy (non-hydrogen) atoms. The standard InChI is InChI=1S/C27H26F2N8O3/c1-16-10-17(4-5-20(16)39-18-11-22-30-7-9-37(22)34-12-18)35-25-23-19(32-15-33-25)13-31-26(38-3)24(23)40-21-6-8-36(2)14-27(21,28)29/h4-5,7,9-13,15,21H,6,8,14H2,1-3H3,(H,32,33,35)/t21-/m0/s1. The van der Waals surface area contributed by atoms with Gasteiger partial charge in [0.25, 0.3) is 11.8 Å². The Balaban J connectivity index is 1.31. The van der Waals surface area contributed by atoms with Gasteiger partial charge < -0.3 is 24.4 Å². The Morgan fingerprint density at radius 3 is 2.77 bits per heavy atom. The molecular formula is C27H26F2N8O3. The molecule has 4 aromatic heterocycles. The van der Waals surface area contributed by atoms with Crippen molar-refractivity contribution in [2.24, 2.45) is 0 Å². The molecule has 1 aliphatic heterocycles. The quantitative estimate of drug-likeness (QED) is 0.309. The maximum absolute atomic E-state index is 14.9. The van der Waals surface area contributed by atoms with E-state index < -0.39 is 18.6 Å². The van der Waals surface area contributed by atoms with Crippen molar-refractivity contribution in [1.82, 2.24) is 34.4 Å². The highest BCUT2D eigenvalue weighted by Gasteiger charge is 2.46. The minimum absolute atomic E-state index is 0.0656. The third-order valence-corrected chi connectivity index (χ3v) is 6.68.